The molecular formula is C13H26O5P. The van der Waals surface area contributed by atoms with E-state index in [9.17, 15) is 9.36 Å². The van der Waals surface area contributed by atoms with E-state index in [4.69, 9.17) is 14.9 Å². The Bertz CT molecular complexity index is 274. The Hall–Kier alpha value is -0.380. The molecule has 0 unspecified atom stereocenters. The molecule has 0 rings (SSSR count). The Morgan fingerprint density at radius 1 is 0.842 bits per heavy atom. The van der Waals surface area contributed by atoms with Crippen LogP contribution in [0.15, 0.2) is 0 Å². The van der Waals surface area contributed by atoms with Crippen LogP contribution in [0.25, 0.3) is 0 Å². The van der Waals surface area contributed by atoms with E-state index in [0.717, 1.165) is 63.9 Å². The Morgan fingerprint density at radius 2 is 1.26 bits per heavy atom. The third kappa shape index (κ3) is 17.6. The third-order valence-corrected chi connectivity index (χ3v) is 3.70. The number of hydrogen-bond donors (Lipinski definition) is 3. The summed E-state index contributed by atoms with van der Waals surface area (Å²) in [5.74, 6) is -0.716. The van der Waals surface area contributed by atoms with Crippen LogP contribution in [0, 0.1) is 6.16 Å². The zero-order chi connectivity index (χ0) is 14.6. The van der Waals surface area contributed by atoms with Crippen molar-refractivity contribution >= 4 is 13.6 Å². The molecule has 0 aliphatic rings. The molecule has 0 amide bonds. The summed E-state index contributed by atoms with van der Waals surface area (Å²) in [6, 6.07) is 0. The molecule has 1 radical (unpaired) electrons. The van der Waals surface area contributed by atoms with Crippen LogP contribution >= 0.6 is 7.60 Å². The lowest BCUT2D eigenvalue weighted by Crippen LogP contribution is -1.93. The van der Waals surface area contributed by atoms with Gasteiger partial charge in [0, 0.05) is 6.42 Å². The predicted molar refractivity (Wildman–Crippen MR) is 74.8 cm³/mol. The van der Waals surface area contributed by atoms with Crippen LogP contribution in [0.3, 0.4) is 0 Å². The highest BCUT2D eigenvalue weighted by atomic mass is 31.2. The van der Waals surface area contributed by atoms with Gasteiger partial charge in [-0.05, 0) is 12.8 Å². The highest BCUT2D eigenvalue weighted by Gasteiger charge is 2.11. The smallest absolute Gasteiger partial charge is 0.329 e. The van der Waals surface area contributed by atoms with Crippen molar-refractivity contribution < 1.29 is 24.3 Å². The second-order valence-corrected chi connectivity index (χ2v) is 6.43. The second-order valence-electron chi connectivity index (χ2n) is 4.89. The van der Waals surface area contributed by atoms with Crippen molar-refractivity contribution in [2.45, 2.75) is 70.6 Å². The van der Waals surface area contributed by atoms with Gasteiger partial charge in [0.05, 0.1) is 6.16 Å². The zero-order valence-electron chi connectivity index (χ0n) is 11.5. The van der Waals surface area contributed by atoms with Gasteiger partial charge >= 0.3 is 13.6 Å². The van der Waals surface area contributed by atoms with Crippen LogP contribution in [0.1, 0.15) is 70.6 Å². The Balaban J connectivity index is 3.07. The molecule has 0 aromatic rings. The number of aliphatic carboxylic acids is 1. The van der Waals surface area contributed by atoms with Gasteiger partial charge in [-0.2, -0.15) is 0 Å². The lowest BCUT2D eigenvalue weighted by atomic mass is 10.1. The molecular weight excluding hydrogens is 267 g/mol. The van der Waals surface area contributed by atoms with E-state index in [1.165, 1.54) is 0 Å². The molecule has 113 valence electrons. The van der Waals surface area contributed by atoms with Crippen molar-refractivity contribution in [1.29, 1.82) is 0 Å². The first-order valence-electron chi connectivity index (χ1n) is 7.03. The maximum Gasteiger partial charge on any atom is 0.329 e. The van der Waals surface area contributed by atoms with E-state index in [1.54, 1.807) is 0 Å². The van der Waals surface area contributed by atoms with Crippen LogP contribution in [0.4, 0.5) is 0 Å². The quantitative estimate of drug-likeness (QED) is 0.355. The lowest BCUT2D eigenvalue weighted by Gasteiger charge is -2.03. The first-order chi connectivity index (χ1) is 8.92. The van der Waals surface area contributed by atoms with Crippen molar-refractivity contribution in [2.75, 3.05) is 0 Å². The third-order valence-electron chi connectivity index (χ3n) is 2.96. The fraction of sp³-hybridized carbons (Fsp3) is 0.846. The summed E-state index contributed by atoms with van der Waals surface area (Å²) < 4.78 is 10.5. The Kier molecular flexibility index (Phi) is 11.2. The summed E-state index contributed by atoms with van der Waals surface area (Å²) in [7, 11) is -3.92. The van der Waals surface area contributed by atoms with Gasteiger partial charge in [0.15, 0.2) is 0 Å². The van der Waals surface area contributed by atoms with E-state index >= 15 is 0 Å². The molecule has 0 bridgehead atoms. The topological polar surface area (TPSA) is 94.8 Å². The summed E-state index contributed by atoms with van der Waals surface area (Å²) in [6.07, 6.45) is 11.1. The number of rotatable bonds is 13. The Labute approximate surface area is 115 Å². The van der Waals surface area contributed by atoms with E-state index in [-0.39, 0.29) is 6.42 Å². The Morgan fingerprint density at radius 3 is 1.68 bits per heavy atom. The molecule has 0 aliphatic carbocycles. The van der Waals surface area contributed by atoms with Gasteiger partial charge in [0.1, 0.15) is 0 Å². The zero-order valence-corrected chi connectivity index (χ0v) is 12.4. The van der Waals surface area contributed by atoms with E-state index in [1.807, 2.05) is 0 Å². The van der Waals surface area contributed by atoms with Crippen molar-refractivity contribution in [3.05, 3.63) is 6.16 Å². The van der Waals surface area contributed by atoms with Crippen molar-refractivity contribution in [3.63, 3.8) is 0 Å². The predicted octanol–water partition coefficient (Wildman–Crippen LogP) is 3.70. The molecule has 5 nitrogen and oxygen atoms in total. The molecule has 0 saturated heterocycles. The summed E-state index contributed by atoms with van der Waals surface area (Å²) in [4.78, 5) is 27.5. The molecule has 6 heteroatoms. The van der Waals surface area contributed by atoms with Crippen molar-refractivity contribution in [1.82, 2.24) is 0 Å². The summed E-state index contributed by atoms with van der Waals surface area (Å²) in [5.41, 5.74) is 0. The van der Waals surface area contributed by atoms with Crippen LogP contribution in [-0.2, 0) is 9.36 Å². The first-order valence-corrected chi connectivity index (χ1v) is 8.71. The molecule has 19 heavy (non-hydrogen) atoms. The van der Waals surface area contributed by atoms with Crippen LogP contribution in [0.5, 0.6) is 0 Å². The SMILES string of the molecule is O=C(O)CCCCCCCCCCC[CH]P(=O)(O)O. The van der Waals surface area contributed by atoms with Gasteiger partial charge in [-0.25, -0.2) is 0 Å². The van der Waals surface area contributed by atoms with E-state index in [2.05, 4.69) is 0 Å². The van der Waals surface area contributed by atoms with Crippen molar-refractivity contribution in [3.8, 4) is 0 Å². The molecule has 0 aliphatic heterocycles. The van der Waals surface area contributed by atoms with Gasteiger partial charge in [0.2, 0.25) is 0 Å². The minimum absolute atomic E-state index is 0.274. The molecule has 0 saturated carbocycles. The fourth-order valence-electron chi connectivity index (χ4n) is 1.92. The molecule has 0 heterocycles. The number of carbonyl (C=O) groups is 1. The summed E-state index contributed by atoms with van der Waals surface area (Å²) in [5, 5.41) is 8.46. The summed E-state index contributed by atoms with van der Waals surface area (Å²) >= 11 is 0. The fourth-order valence-corrected chi connectivity index (χ4v) is 2.44. The standard InChI is InChI=1S/C13H26O5P/c14-13(15)11-9-7-5-3-1-2-4-6-8-10-12-19(16,17)18/h12H,1-11H2,(H,14,15)(H2,16,17,18). The minimum atomic E-state index is -3.92. The number of unbranched alkanes of at least 4 members (excludes halogenated alkanes) is 9. The molecule has 0 spiro atoms. The monoisotopic (exact) mass is 293 g/mol. The van der Waals surface area contributed by atoms with Crippen LogP contribution in [0.2, 0.25) is 0 Å². The van der Waals surface area contributed by atoms with E-state index < -0.39 is 13.6 Å². The maximum atomic E-state index is 10.5. The van der Waals surface area contributed by atoms with Crippen LogP contribution < -0.4 is 0 Å². The molecule has 0 fully saturated rings. The number of carboxylic acid groups (broad SMARTS) is 1. The number of hydrogen-bond acceptors (Lipinski definition) is 2. The van der Waals surface area contributed by atoms with Gasteiger partial charge in [-0.1, -0.05) is 51.4 Å². The summed E-state index contributed by atoms with van der Waals surface area (Å²) in [6.45, 7) is 0. The largest absolute Gasteiger partial charge is 0.481 e. The molecule has 0 aromatic carbocycles. The number of carboxylic acids is 1. The highest BCUT2D eigenvalue weighted by molar-refractivity contribution is 7.54. The highest BCUT2D eigenvalue weighted by Crippen LogP contribution is 2.40. The minimum Gasteiger partial charge on any atom is -0.481 e. The first kappa shape index (κ1) is 18.6. The van der Waals surface area contributed by atoms with Gasteiger partial charge < -0.3 is 14.9 Å². The average molecular weight is 293 g/mol. The van der Waals surface area contributed by atoms with Crippen LogP contribution in [-0.4, -0.2) is 20.9 Å². The van der Waals surface area contributed by atoms with Gasteiger partial charge in [-0.15, -0.1) is 0 Å². The molecule has 3 N–H and O–H groups in total. The molecule has 0 aromatic heterocycles. The maximum absolute atomic E-state index is 10.5. The molecule has 0 atom stereocenters. The second kappa shape index (κ2) is 11.4. The normalized spacial score (nSPS) is 11.7. The lowest BCUT2D eigenvalue weighted by molar-refractivity contribution is -0.137. The van der Waals surface area contributed by atoms with Gasteiger partial charge in [0.25, 0.3) is 0 Å². The van der Waals surface area contributed by atoms with Gasteiger partial charge in [-0.3, -0.25) is 9.36 Å². The average Bonchev–Trinajstić information content (AvgIpc) is 2.28. The van der Waals surface area contributed by atoms with E-state index in [0.29, 0.717) is 6.42 Å². The van der Waals surface area contributed by atoms with Crippen molar-refractivity contribution in [2.24, 2.45) is 0 Å².